The Bertz CT molecular complexity index is 326. The molecule has 1 heterocycles. The lowest BCUT2D eigenvalue weighted by Crippen LogP contribution is -2.13. The van der Waals surface area contributed by atoms with E-state index in [4.69, 9.17) is 10.5 Å². The van der Waals surface area contributed by atoms with E-state index in [0.717, 1.165) is 0 Å². The van der Waals surface area contributed by atoms with Crippen LogP contribution in [0.1, 0.15) is 24.4 Å². The fourth-order valence-electron chi connectivity index (χ4n) is 0.846. The van der Waals surface area contributed by atoms with E-state index < -0.39 is 0 Å². The number of aromatic nitrogens is 2. The van der Waals surface area contributed by atoms with Gasteiger partial charge in [0, 0.05) is 7.11 Å². The van der Waals surface area contributed by atoms with Gasteiger partial charge in [-0.15, -0.1) is 10.2 Å². The minimum Gasteiger partial charge on any atom is -0.384 e. The van der Waals surface area contributed by atoms with Crippen molar-refractivity contribution >= 4 is 22.4 Å². The van der Waals surface area contributed by atoms with Crippen LogP contribution in [0.15, 0.2) is 0 Å². The molecule has 1 unspecified atom stereocenters. The molecule has 1 aromatic rings. The van der Waals surface area contributed by atoms with Crippen LogP contribution < -0.4 is 11.1 Å². The van der Waals surface area contributed by atoms with Crippen LogP contribution in [-0.2, 0) is 9.53 Å². The van der Waals surface area contributed by atoms with Gasteiger partial charge in [-0.3, -0.25) is 4.79 Å². The number of nitrogens with two attached hydrogens (primary N) is 1. The highest BCUT2D eigenvalue weighted by molar-refractivity contribution is 7.15. The van der Waals surface area contributed by atoms with Gasteiger partial charge in [-0.1, -0.05) is 11.3 Å². The van der Waals surface area contributed by atoms with Gasteiger partial charge in [0.1, 0.15) is 5.01 Å². The first-order chi connectivity index (χ1) is 7.13. The van der Waals surface area contributed by atoms with Crippen molar-refractivity contribution in [3.8, 4) is 0 Å². The number of carbonyl (C=O) groups excluding carboxylic acids is 1. The molecule has 1 atom stereocenters. The van der Waals surface area contributed by atoms with Crippen LogP contribution in [0, 0.1) is 0 Å². The summed E-state index contributed by atoms with van der Waals surface area (Å²) in [5.41, 5.74) is 5.61. The fraction of sp³-hybridized carbons (Fsp3) is 0.625. The number of hydrogen-bond donors (Lipinski definition) is 2. The minimum absolute atomic E-state index is 0.135. The van der Waals surface area contributed by atoms with Crippen LogP contribution >= 0.6 is 11.3 Å². The van der Waals surface area contributed by atoms with Crippen molar-refractivity contribution in [2.45, 2.75) is 19.4 Å². The first-order valence-corrected chi connectivity index (χ1v) is 5.33. The molecule has 3 N–H and O–H groups in total. The number of ether oxygens (including phenoxy) is 1. The number of carbonyl (C=O) groups is 1. The van der Waals surface area contributed by atoms with Crippen molar-refractivity contribution in [3.05, 3.63) is 5.01 Å². The van der Waals surface area contributed by atoms with Gasteiger partial charge < -0.3 is 15.8 Å². The maximum Gasteiger partial charge on any atom is 0.228 e. The zero-order valence-electron chi connectivity index (χ0n) is 8.69. The summed E-state index contributed by atoms with van der Waals surface area (Å²) in [4.78, 5) is 11.3. The summed E-state index contributed by atoms with van der Waals surface area (Å²) >= 11 is 1.28. The summed E-state index contributed by atoms with van der Waals surface area (Å²) in [6, 6.07) is -0.160. The lowest BCUT2D eigenvalue weighted by atomic mass is 10.4. The largest absolute Gasteiger partial charge is 0.384 e. The van der Waals surface area contributed by atoms with Crippen LogP contribution in [0.2, 0.25) is 0 Å². The normalized spacial score (nSPS) is 12.5. The molecule has 1 amide bonds. The zero-order valence-corrected chi connectivity index (χ0v) is 9.50. The molecule has 0 aliphatic rings. The van der Waals surface area contributed by atoms with Gasteiger partial charge in [-0.05, 0) is 6.92 Å². The Morgan fingerprint density at radius 1 is 1.67 bits per heavy atom. The molecule has 15 heavy (non-hydrogen) atoms. The number of methoxy groups -OCH3 is 1. The molecular formula is C8H14N4O2S. The van der Waals surface area contributed by atoms with Crippen molar-refractivity contribution in [2.75, 3.05) is 19.0 Å². The van der Waals surface area contributed by atoms with Crippen molar-refractivity contribution in [1.82, 2.24) is 10.2 Å². The molecule has 6 nitrogen and oxygen atoms in total. The molecule has 0 fully saturated rings. The van der Waals surface area contributed by atoms with E-state index in [1.54, 1.807) is 7.11 Å². The minimum atomic E-state index is -0.160. The van der Waals surface area contributed by atoms with Crippen LogP contribution in [0.3, 0.4) is 0 Å². The van der Waals surface area contributed by atoms with Gasteiger partial charge in [0.05, 0.1) is 19.1 Å². The molecule has 0 bridgehead atoms. The average Bonchev–Trinajstić information content (AvgIpc) is 2.63. The Balaban J connectivity index is 2.46. The van der Waals surface area contributed by atoms with E-state index >= 15 is 0 Å². The summed E-state index contributed by atoms with van der Waals surface area (Å²) in [5.74, 6) is -0.135. The molecule has 1 rings (SSSR count). The standard InChI is InChI=1S/C8H14N4O2S/c1-5(9)7-11-12-8(15-7)10-6(13)3-4-14-2/h5H,3-4,9H2,1-2H3,(H,10,12,13). The number of nitrogens with zero attached hydrogens (tertiary/aromatic N) is 2. The first kappa shape index (κ1) is 12.0. The molecular weight excluding hydrogens is 216 g/mol. The molecule has 0 aliphatic heterocycles. The second kappa shape index (κ2) is 5.74. The summed E-state index contributed by atoms with van der Waals surface area (Å²) < 4.78 is 4.78. The SMILES string of the molecule is COCCC(=O)Nc1nnc(C(C)N)s1. The maximum atomic E-state index is 11.3. The van der Waals surface area contributed by atoms with Gasteiger partial charge in [-0.25, -0.2) is 0 Å². The van der Waals surface area contributed by atoms with E-state index in [2.05, 4.69) is 15.5 Å². The third kappa shape index (κ3) is 3.90. The molecule has 7 heteroatoms. The Morgan fingerprint density at radius 3 is 2.93 bits per heavy atom. The van der Waals surface area contributed by atoms with Crippen LogP contribution in [-0.4, -0.2) is 29.8 Å². The molecule has 0 aromatic carbocycles. The number of nitrogens with one attached hydrogen (secondary N) is 1. The van der Waals surface area contributed by atoms with Gasteiger partial charge in [0.15, 0.2) is 0 Å². The lowest BCUT2D eigenvalue weighted by molar-refractivity contribution is -0.117. The summed E-state index contributed by atoms with van der Waals surface area (Å²) in [6.45, 7) is 2.21. The van der Waals surface area contributed by atoms with E-state index in [0.29, 0.717) is 23.2 Å². The molecule has 0 spiro atoms. The second-order valence-corrected chi connectivity index (χ2v) is 4.03. The topological polar surface area (TPSA) is 90.1 Å². The van der Waals surface area contributed by atoms with Crippen LogP contribution in [0.5, 0.6) is 0 Å². The van der Waals surface area contributed by atoms with E-state index in [1.165, 1.54) is 11.3 Å². The predicted molar refractivity (Wildman–Crippen MR) is 57.6 cm³/mol. The summed E-state index contributed by atoms with van der Waals surface area (Å²) in [5, 5.41) is 11.5. The van der Waals surface area contributed by atoms with Crippen molar-refractivity contribution < 1.29 is 9.53 Å². The average molecular weight is 230 g/mol. The summed E-state index contributed by atoms with van der Waals surface area (Å²) in [7, 11) is 1.55. The van der Waals surface area contributed by atoms with Crippen LogP contribution in [0.25, 0.3) is 0 Å². The quantitative estimate of drug-likeness (QED) is 0.770. The Labute approximate surface area is 91.8 Å². The molecule has 0 radical (unpaired) electrons. The first-order valence-electron chi connectivity index (χ1n) is 4.51. The Kier molecular flexibility index (Phi) is 4.60. The van der Waals surface area contributed by atoms with Gasteiger partial charge in [-0.2, -0.15) is 0 Å². The van der Waals surface area contributed by atoms with E-state index in [9.17, 15) is 4.79 Å². The highest BCUT2D eigenvalue weighted by Crippen LogP contribution is 2.19. The highest BCUT2D eigenvalue weighted by Gasteiger charge is 2.10. The summed E-state index contributed by atoms with van der Waals surface area (Å²) in [6.07, 6.45) is 0.309. The number of hydrogen-bond acceptors (Lipinski definition) is 6. The third-order valence-electron chi connectivity index (χ3n) is 1.61. The number of amides is 1. The highest BCUT2D eigenvalue weighted by atomic mass is 32.1. The third-order valence-corrected chi connectivity index (χ3v) is 2.65. The Morgan fingerprint density at radius 2 is 2.40 bits per heavy atom. The smallest absolute Gasteiger partial charge is 0.228 e. The van der Waals surface area contributed by atoms with Gasteiger partial charge in [0.25, 0.3) is 0 Å². The van der Waals surface area contributed by atoms with E-state index in [1.807, 2.05) is 6.92 Å². The molecule has 0 saturated heterocycles. The van der Waals surface area contributed by atoms with Crippen molar-refractivity contribution in [1.29, 1.82) is 0 Å². The maximum absolute atomic E-state index is 11.3. The predicted octanol–water partition coefficient (Wildman–Crippen LogP) is 0.533. The Hall–Kier alpha value is -1.05. The van der Waals surface area contributed by atoms with Crippen molar-refractivity contribution in [2.24, 2.45) is 5.73 Å². The molecule has 0 aliphatic carbocycles. The van der Waals surface area contributed by atoms with Crippen molar-refractivity contribution in [3.63, 3.8) is 0 Å². The fourth-order valence-corrected chi connectivity index (χ4v) is 1.56. The van der Waals surface area contributed by atoms with E-state index in [-0.39, 0.29) is 11.9 Å². The zero-order chi connectivity index (χ0) is 11.3. The number of rotatable bonds is 5. The van der Waals surface area contributed by atoms with Crippen LogP contribution in [0.4, 0.5) is 5.13 Å². The van der Waals surface area contributed by atoms with Gasteiger partial charge >= 0.3 is 0 Å². The molecule has 84 valence electrons. The lowest BCUT2D eigenvalue weighted by Gasteiger charge is -1.99. The molecule has 0 saturated carbocycles. The van der Waals surface area contributed by atoms with Gasteiger partial charge in [0.2, 0.25) is 11.0 Å². The number of anilines is 1. The second-order valence-electron chi connectivity index (χ2n) is 3.03. The molecule has 1 aromatic heterocycles. The monoisotopic (exact) mass is 230 g/mol.